The summed E-state index contributed by atoms with van der Waals surface area (Å²) in [4.78, 5) is 9.60. The van der Waals surface area contributed by atoms with E-state index in [-0.39, 0.29) is 0 Å². The van der Waals surface area contributed by atoms with E-state index in [1.54, 1.807) is 0 Å². The van der Waals surface area contributed by atoms with Crippen LogP contribution in [0.1, 0.15) is 27.8 Å². The van der Waals surface area contributed by atoms with Crippen LogP contribution in [0.4, 0.5) is 0 Å². The van der Waals surface area contributed by atoms with Gasteiger partial charge >= 0.3 is 0 Å². The van der Waals surface area contributed by atoms with Crippen LogP contribution in [0.5, 0.6) is 0 Å². The third kappa shape index (κ3) is 5.03. The van der Waals surface area contributed by atoms with E-state index in [4.69, 9.17) is 4.98 Å². The molecule has 0 saturated heterocycles. The fourth-order valence-electron chi connectivity index (χ4n) is 6.05. The molecule has 2 aromatic heterocycles. The van der Waals surface area contributed by atoms with Gasteiger partial charge in [-0.05, 0) is 51.3 Å². The van der Waals surface area contributed by atoms with Crippen molar-refractivity contribution in [3.63, 3.8) is 0 Å². The molecule has 0 radical (unpaired) electrons. The highest BCUT2D eigenvalue weighted by Crippen LogP contribution is 2.48. The number of H-pyrrole nitrogens is 1. The molecule has 2 heteroatoms. The average molecular weight is 569 g/mol. The second-order valence-corrected chi connectivity index (χ2v) is 12.1. The number of nitrogens with one attached hydrogen (secondary N) is 1. The summed E-state index contributed by atoms with van der Waals surface area (Å²) in [5, 5.41) is 1.14. The molecular weight excluding hydrogens is 532 g/mol. The monoisotopic (exact) mass is 568 g/mol. The van der Waals surface area contributed by atoms with Crippen molar-refractivity contribution in [3.8, 4) is 56.0 Å². The summed E-state index contributed by atoms with van der Waals surface area (Å²) in [6.45, 7) is 10.7. The number of aromatic amines is 1. The van der Waals surface area contributed by atoms with Gasteiger partial charge in [0.1, 0.15) is 0 Å². The first-order chi connectivity index (χ1) is 21.4. The third-order valence-electron chi connectivity index (χ3n) is 8.62. The summed E-state index contributed by atoms with van der Waals surface area (Å²) >= 11 is 0. The fourth-order valence-corrected chi connectivity index (χ4v) is 6.05. The molecule has 5 aromatic carbocycles. The van der Waals surface area contributed by atoms with Gasteiger partial charge in [0.25, 0.3) is 0 Å². The Labute approximate surface area is 260 Å². The molecule has 0 bridgehead atoms. The van der Waals surface area contributed by atoms with Gasteiger partial charge in [-0.1, -0.05) is 149 Å². The summed E-state index contributed by atoms with van der Waals surface area (Å²) in [6.07, 6.45) is 0. The molecule has 0 aliphatic carbocycles. The summed E-state index contributed by atoms with van der Waals surface area (Å²) in [5.41, 5.74) is 18.3. The Morgan fingerprint density at radius 2 is 0.705 bits per heavy atom. The Bertz CT molecular complexity index is 2090. The minimum Gasteiger partial charge on any atom is -0.353 e. The topological polar surface area (TPSA) is 28.7 Å². The number of fused-ring (bicyclic) bond motifs is 1. The van der Waals surface area contributed by atoms with Crippen LogP contribution < -0.4 is 0 Å². The third-order valence-corrected chi connectivity index (χ3v) is 8.62. The molecule has 2 heterocycles. The van der Waals surface area contributed by atoms with Crippen molar-refractivity contribution >= 4 is 10.9 Å². The lowest BCUT2D eigenvalue weighted by Gasteiger charge is -2.16. The summed E-state index contributed by atoms with van der Waals surface area (Å²) < 4.78 is 0. The summed E-state index contributed by atoms with van der Waals surface area (Å²) in [7, 11) is 0. The van der Waals surface area contributed by atoms with E-state index in [1.807, 2.05) is 0 Å². The number of aryl methyl sites for hydroxylation is 5. The number of pyridine rings is 1. The molecule has 0 aliphatic rings. The van der Waals surface area contributed by atoms with E-state index >= 15 is 0 Å². The Kier molecular flexibility index (Phi) is 6.98. The van der Waals surface area contributed by atoms with Gasteiger partial charge in [-0.3, -0.25) is 0 Å². The van der Waals surface area contributed by atoms with Gasteiger partial charge in [0, 0.05) is 27.6 Å². The SMILES string of the molecule is Cc1ccc(-c2nc(-c3ccc(C)cc3)c3c(-c4ccc(C)cc4)c(-c4ccc(C)cc4)[nH]c3c2-c2ccc(C)cc2)cc1. The summed E-state index contributed by atoms with van der Waals surface area (Å²) in [5.74, 6) is 0. The molecule has 0 amide bonds. The van der Waals surface area contributed by atoms with E-state index in [1.165, 1.54) is 38.9 Å². The Hall–Kier alpha value is -5.21. The van der Waals surface area contributed by atoms with Crippen molar-refractivity contribution in [2.24, 2.45) is 0 Å². The number of nitrogens with zero attached hydrogens (tertiary/aromatic N) is 1. The van der Waals surface area contributed by atoms with Gasteiger partial charge < -0.3 is 4.98 Å². The molecule has 214 valence electrons. The quantitative estimate of drug-likeness (QED) is 0.220. The normalized spacial score (nSPS) is 11.3. The first kappa shape index (κ1) is 27.6. The molecular formula is C42H36N2. The van der Waals surface area contributed by atoms with E-state index in [0.29, 0.717) is 0 Å². The van der Waals surface area contributed by atoms with Gasteiger partial charge in [-0.25, -0.2) is 4.98 Å². The lowest BCUT2D eigenvalue weighted by molar-refractivity contribution is 1.33. The van der Waals surface area contributed by atoms with E-state index < -0.39 is 0 Å². The standard InChI is InChI=1S/C42H36N2/c1-26-6-16-31(17-7-26)36-38-41(35-24-14-30(5)15-25-35)43-40(34-22-12-29(4)13-23-34)37(32-18-8-27(2)9-19-32)42(38)44-39(36)33-20-10-28(3)11-21-33/h6-25,44H,1-5H3. The molecule has 0 aliphatic heterocycles. The van der Waals surface area contributed by atoms with E-state index in [2.05, 4.69) is 161 Å². The highest BCUT2D eigenvalue weighted by molar-refractivity contribution is 6.16. The molecule has 0 unspecified atom stereocenters. The number of hydrogen-bond donors (Lipinski definition) is 1. The van der Waals surface area contributed by atoms with Crippen LogP contribution in [-0.4, -0.2) is 9.97 Å². The zero-order valence-corrected chi connectivity index (χ0v) is 26.0. The second-order valence-electron chi connectivity index (χ2n) is 12.1. The van der Waals surface area contributed by atoms with Crippen molar-refractivity contribution in [3.05, 3.63) is 149 Å². The van der Waals surface area contributed by atoms with Crippen LogP contribution in [-0.2, 0) is 0 Å². The molecule has 2 nitrogen and oxygen atoms in total. The first-order valence-corrected chi connectivity index (χ1v) is 15.3. The molecule has 0 fully saturated rings. The minimum atomic E-state index is 0.976. The zero-order chi connectivity index (χ0) is 30.4. The predicted molar refractivity (Wildman–Crippen MR) is 187 cm³/mol. The van der Waals surface area contributed by atoms with Gasteiger partial charge in [0.05, 0.1) is 22.6 Å². The van der Waals surface area contributed by atoms with Crippen LogP contribution in [0, 0.1) is 34.6 Å². The van der Waals surface area contributed by atoms with Gasteiger partial charge in [-0.15, -0.1) is 0 Å². The Morgan fingerprint density at radius 1 is 0.364 bits per heavy atom. The van der Waals surface area contributed by atoms with Gasteiger partial charge in [0.2, 0.25) is 0 Å². The smallest absolute Gasteiger partial charge is 0.0810 e. The molecule has 0 saturated carbocycles. The minimum absolute atomic E-state index is 0.976. The lowest BCUT2D eigenvalue weighted by Crippen LogP contribution is -1.96. The van der Waals surface area contributed by atoms with Gasteiger partial charge in [0.15, 0.2) is 0 Å². The number of aromatic nitrogens is 2. The molecule has 7 aromatic rings. The number of benzene rings is 5. The number of hydrogen-bond acceptors (Lipinski definition) is 1. The Morgan fingerprint density at radius 3 is 1.14 bits per heavy atom. The maximum Gasteiger partial charge on any atom is 0.0810 e. The zero-order valence-electron chi connectivity index (χ0n) is 26.0. The molecule has 0 atom stereocenters. The van der Waals surface area contributed by atoms with E-state index in [9.17, 15) is 0 Å². The molecule has 0 spiro atoms. The second kappa shape index (κ2) is 11.1. The van der Waals surface area contributed by atoms with Crippen LogP contribution in [0.2, 0.25) is 0 Å². The van der Waals surface area contributed by atoms with Crippen LogP contribution in [0.25, 0.3) is 66.9 Å². The fraction of sp³-hybridized carbons (Fsp3) is 0.119. The molecule has 1 N–H and O–H groups in total. The lowest BCUT2D eigenvalue weighted by atomic mass is 9.90. The molecule has 7 rings (SSSR count). The van der Waals surface area contributed by atoms with Crippen LogP contribution in [0.15, 0.2) is 121 Å². The highest BCUT2D eigenvalue weighted by atomic mass is 14.8. The Balaban J connectivity index is 1.69. The number of rotatable bonds is 5. The van der Waals surface area contributed by atoms with Crippen LogP contribution >= 0.6 is 0 Å². The van der Waals surface area contributed by atoms with Gasteiger partial charge in [-0.2, -0.15) is 0 Å². The van der Waals surface area contributed by atoms with E-state index in [0.717, 1.165) is 55.8 Å². The van der Waals surface area contributed by atoms with Crippen molar-refractivity contribution in [1.29, 1.82) is 0 Å². The van der Waals surface area contributed by atoms with Crippen molar-refractivity contribution < 1.29 is 0 Å². The van der Waals surface area contributed by atoms with Crippen LogP contribution in [0.3, 0.4) is 0 Å². The predicted octanol–water partition coefficient (Wildman–Crippen LogP) is 11.4. The van der Waals surface area contributed by atoms with Crippen molar-refractivity contribution in [1.82, 2.24) is 9.97 Å². The van der Waals surface area contributed by atoms with Crippen molar-refractivity contribution in [2.75, 3.05) is 0 Å². The average Bonchev–Trinajstić information content (AvgIpc) is 3.43. The highest BCUT2D eigenvalue weighted by Gasteiger charge is 2.26. The van der Waals surface area contributed by atoms with Crippen molar-refractivity contribution in [2.45, 2.75) is 34.6 Å². The maximum atomic E-state index is 5.60. The summed E-state index contributed by atoms with van der Waals surface area (Å²) in [6, 6.07) is 44.1. The largest absolute Gasteiger partial charge is 0.353 e. The first-order valence-electron chi connectivity index (χ1n) is 15.3. The maximum absolute atomic E-state index is 5.60. The molecule has 44 heavy (non-hydrogen) atoms.